The van der Waals surface area contributed by atoms with E-state index in [0.29, 0.717) is 26.2 Å². The van der Waals surface area contributed by atoms with Crippen molar-refractivity contribution in [3.63, 3.8) is 0 Å². The molecule has 1 aliphatic rings. The van der Waals surface area contributed by atoms with Gasteiger partial charge in [-0.1, -0.05) is 29.8 Å². The number of anilines is 2. The summed E-state index contributed by atoms with van der Waals surface area (Å²) in [6, 6.07) is 18.1. The second-order valence-corrected chi connectivity index (χ2v) is 9.81. The Bertz CT molecular complexity index is 1290. The molecule has 1 amide bonds. The van der Waals surface area contributed by atoms with Crippen molar-refractivity contribution in [2.24, 2.45) is 0 Å². The molecule has 1 fully saturated rings. The van der Waals surface area contributed by atoms with Crippen molar-refractivity contribution in [1.82, 2.24) is 9.88 Å². The molecule has 0 aliphatic carbocycles. The molecule has 2 heterocycles. The highest BCUT2D eigenvalue weighted by Crippen LogP contribution is 2.18. The van der Waals surface area contributed by atoms with E-state index in [0.717, 1.165) is 11.4 Å². The van der Waals surface area contributed by atoms with Gasteiger partial charge in [0.25, 0.3) is 15.9 Å². The predicted octanol–water partition coefficient (Wildman–Crippen LogP) is 2.70. The number of sulfonamides is 1. The number of hydrogen-bond donors (Lipinski definition) is 1. The minimum Gasteiger partial charge on any atom is -0.452 e. The fourth-order valence-electron chi connectivity index (χ4n) is 3.67. The summed E-state index contributed by atoms with van der Waals surface area (Å²) < 4.78 is 32.9. The maximum atomic E-state index is 12.6. The molecule has 0 spiro atoms. The molecule has 3 aromatic rings. The standard InChI is InChI=1S/C25H26N4O5S/c1-19-8-10-22(11-9-19)35(32,33)27-21-6-4-5-20(17-21)25(31)34-18-24(30)29-15-13-28(14-16-29)23-7-2-3-12-26-23/h2-12,17,27H,13-16,18H2,1H3. The van der Waals surface area contributed by atoms with Gasteiger partial charge < -0.3 is 14.5 Å². The highest BCUT2D eigenvalue weighted by Gasteiger charge is 2.23. The number of carbonyl (C=O) groups is 2. The van der Waals surface area contributed by atoms with Gasteiger partial charge in [0.15, 0.2) is 6.61 Å². The number of ether oxygens (including phenoxy) is 1. The van der Waals surface area contributed by atoms with E-state index in [-0.39, 0.29) is 28.7 Å². The van der Waals surface area contributed by atoms with Crippen LogP contribution in [0.5, 0.6) is 0 Å². The van der Waals surface area contributed by atoms with Crippen LogP contribution in [0.25, 0.3) is 0 Å². The zero-order chi connectivity index (χ0) is 24.8. The zero-order valence-electron chi connectivity index (χ0n) is 19.3. The molecule has 182 valence electrons. The first kappa shape index (κ1) is 24.2. The first-order valence-corrected chi connectivity index (χ1v) is 12.6. The van der Waals surface area contributed by atoms with E-state index in [9.17, 15) is 18.0 Å². The number of esters is 1. The van der Waals surface area contributed by atoms with Crippen LogP contribution in [0.1, 0.15) is 15.9 Å². The fraction of sp³-hybridized carbons (Fsp3) is 0.240. The van der Waals surface area contributed by atoms with Gasteiger partial charge in [-0.3, -0.25) is 9.52 Å². The van der Waals surface area contributed by atoms with Gasteiger partial charge in [-0.05, 0) is 49.4 Å². The summed E-state index contributed by atoms with van der Waals surface area (Å²) in [6.45, 7) is 3.76. The van der Waals surface area contributed by atoms with Crippen LogP contribution in [-0.4, -0.2) is 63.0 Å². The molecule has 0 saturated carbocycles. The number of amides is 1. The van der Waals surface area contributed by atoms with E-state index in [2.05, 4.69) is 14.6 Å². The molecule has 1 aliphatic heterocycles. The molecule has 0 bridgehead atoms. The summed E-state index contributed by atoms with van der Waals surface area (Å²) in [5.74, 6) is -0.124. The van der Waals surface area contributed by atoms with Crippen LogP contribution in [0.4, 0.5) is 11.5 Å². The number of benzene rings is 2. The van der Waals surface area contributed by atoms with Gasteiger partial charge in [-0.25, -0.2) is 18.2 Å². The summed E-state index contributed by atoms with van der Waals surface area (Å²) in [5, 5.41) is 0. The highest BCUT2D eigenvalue weighted by atomic mass is 32.2. The normalized spacial score (nSPS) is 13.9. The maximum absolute atomic E-state index is 12.6. The van der Waals surface area contributed by atoms with Crippen LogP contribution in [0.2, 0.25) is 0 Å². The number of nitrogens with zero attached hydrogens (tertiary/aromatic N) is 3. The number of aryl methyl sites for hydroxylation is 1. The molecule has 2 aromatic carbocycles. The molecule has 1 N–H and O–H groups in total. The topological polar surface area (TPSA) is 109 Å². The van der Waals surface area contributed by atoms with Crippen LogP contribution in [-0.2, 0) is 19.6 Å². The number of piperazine rings is 1. The van der Waals surface area contributed by atoms with Gasteiger partial charge in [0.05, 0.1) is 10.5 Å². The summed E-state index contributed by atoms with van der Waals surface area (Å²) in [7, 11) is -3.81. The molecule has 1 saturated heterocycles. The van der Waals surface area contributed by atoms with Crippen LogP contribution in [0.3, 0.4) is 0 Å². The molecular formula is C25H26N4O5S. The molecule has 9 nitrogen and oxygen atoms in total. The van der Waals surface area contributed by atoms with Crippen molar-refractivity contribution >= 4 is 33.4 Å². The van der Waals surface area contributed by atoms with Gasteiger partial charge in [-0.2, -0.15) is 0 Å². The molecule has 10 heteroatoms. The second kappa shape index (κ2) is 10.6. The number of aromatic nitrogens is 1. The van der Waals surface area contributed by atoms with Crippen molar-refractivity contribution in [2.45, 2.75) is 11.8 Å². The van der Waals surface area contributed by atoms with E-state index in [1.54, 1.807) is 29.3 Å². The Hall–Kier alpha value is -3.92. The lowest BCUT2D eigenvalue weighted by atomic mass is 10.2. The van der Waals surface area contributed by atoms with Crippen LogP contribution in [0, 0.1) is 6.92 Å². The van der Waals surface area contributed by atoms with E-state index in [1.165, 1.54) is 30.3 Å². The van der Waals surface area contributed by atoms with Gasteiger partial charge in [0, 0.05) is 38.1 Å². The van der Waals surface area contributed by atoms with Crippen LogP contribution >= 0.6 is 0 Å². The molecule has 1 aromatic heterocycles. The van der Waals surface area contributed by atoms with Gasteiger partial charge >= 0.3 is 5.97 Å². The Morgan fingerprint density at radius 1 is 0.971 bits per heavy atom. The SMILES string of the molecule is Cc1ccc(S(=O)(=O)Nc2cccc(C(=O)OCC(=O)N3CCN(c4ccccn4)CC3)c2)cc1. The number of carbonyl (C=O) groups excluding carboxylic acids is 2. The quantitative estimate of drug-likeness (QED) is 0.503. The summed E-state index contributed by atoms with van der Waals surface area (Å²) >= 11 is 0. The van der Waals surface area contributed by atoms with Gasteiger partial charge in [-0.15, -0.1) is 0 Å². The third-order valence-corrected chi connectivity index (χ3v) is 7.01. The molecule has 0 atom stereocenters. The van der Waals surface area contributed by atoms with Gasteiger partial charge in [0.2, 0.25) is 0 Å². The fourth-order valence-corrected chi connectivity index (χ4v) is 4.72. The van der Waals surface area contributed by atoms with Crippen molar-refractivity contribution in [2.75, 3.05) is 42.4 Å². The van der Waals surface area contributed by atoms with Crippen molar-refractivity contribution in [3.05, 3.63) is 84.1 Å². The zero-order valence-corrected chi connectivity index (χ0v) is 20.1. The first-order chi connectivity index (χ1) is 16.8. The lowest BCUT2D eigenvalue weighted by Crippen LogP contribution is -2.50. The molecule has 0 radical (unpaired) electrons. The second-order valence-electron chi connectivity index (χ2n) is 8.13. The van der Waals surface area contributed by atoms with Crippen molar-refractivity contribution in [1.29, 1.82) is 0 Å². The largest absolute Gasteiger partial charge is 0.452 e. The van der Waals surface area contributed by atoms with Crippen molar-refractivity contribution in [3.8, 4) is 0 Å². The smallest absolute Gasteiger partial charge is 0.338 e. The number of rotatable bonds is 7. The molecular weight excluding hydrogens is 468 g/mol. The average Bonchev–Trinajstić information content (AvgIpc) is 2.88. The monoisotopic (exact) mass is 494 g/mol. The predicted molar refractivity (Wildman–Crippen MR) is 132 cm³/mol. The number of nitrogens with one attached hydrogen (secondary N) is 1. The third kappa shape index (κ3) is 6.15. The third-order valence-electron chi connectivity index (χ3n) is 5.61. The molecule has 0 unspecified atom stereocenters. The minimum atomic E-state index is -3.81. The average molecular weight is 495 g/mol. The lowest BCUT2D eigenvalue weighted by molar-refractivity contribution is -0.134. The Morgan fingerprint density at radius 3 is 2.40 bits per heavy atom. The molecule has 35 heavy (non-hydrogen) atoms. The summed E-state index contributed by atoms with van der Waals surface area (Å²) in [4.78, 5) is 33.2. The van der Waals surface area contributed by atoms with Crippen molar-refractivity contribution < 1.29 is 22.7 Å². The first-order valence-electron chi connectivity index (χ1n) is 11.1. The van der Waals surface area contributed by atoms with E-state index in [4.69, 9.17) is 4.74 Å². The van der Waals surface area contributed by atoms with Crippen LogP contribution < -0.4 is 9.62 Å². The minimum absolute atomic E-state index is 0.116. The Morgan fingerprint density at radius 2 is 1.71 bits per heavy atom. The lowest BCUT2D eigenvalue weighted by Gasteiger charge is -2.35. The summed E-state index contributed by atoms with van der Waals surface area (Å²) in [5.41, 5.74) is 1.30. The molecule has 4 rings (SSSR count). The number of pyridine rings is 1. The highest BCUT2D eigenvalue weighted by molar-refractivity contribution is 7.92. The summed E-state index contributed by atoms with van der Waals surface area (Å²) in [6.07, 6.45) is 1.73. The van der Waals surface area contributed by atoms with E-state index >= 15 is 0 Å². The van der Waals surface area contributed by atoms with E-state index < -0.39 is 16.0 Å². The Kier molecular flexibility index (Phi) is 7.31. The number of hydrogen-bond acceptors (Lipinski definition) is 7. The van der Waals surface area contributed by atoms with Crippen LogP contribution in [0.15, 0.2) is 77.8 Å². The van der Waals surface area contributed by atoms with Gasteiger partial charge in [0.1, 0.15) is 5.82 Å². The maximum Gasteiger partial charge on any atom is 0.338 e. The van der Waals surface area contributed by atoms with E-state index in [1.807, 2.05) is 25.1 Å². The Balaban J connectivity index is 1.30. The Labute approximate surface area is 204 Å².